The summed E-state index contributed by atoms with van der Waals surface area (Å²) in [5.41, 5.74) is 10.2. The third-order valence-electron chi connectivity index (χ3n) is 8.06. The highest BCUT2D eigenvalue weighted by atomic mass is 32.1. The van der Waals surface area contributed by atoms with Crippen molar-refractivity contribution in [2.24, 2.45) is 0 Å². The highest BCUT2D eigenvalue weighted by Gasteiger charge is 2.20. The van der Waals surface area contributed by atoms with Crippen LogP contribution in [0.1, 0.15) is 0 Å². The van der Waals surface area contributed by atoms with Gasteiger partial charge in [0, 0.05) is 32.6 Å². The van der Waals surface area contributed by atoms with Crippen LogP contribution in [0.3, 0.4) is 0 Å². The Hall–Kier alpha value is -4.93. The second-order valence-corrected chi connectivity index (χ2v) is 10.9. The van der Waals surface area contributed by atoms with Gasteiger partial charge in [-0.05, 0) is 47.9 Å². The molecule has 4 heteroatoms. The zero-order valence-corrected chi connectivity index (χ0v) is 21.7. The fraction of sp³-hybridized carbons (Fsp3) is 0. The van der Waals surface area contributed by atoms with Gasteiger partial charge in [-0.2, -0.15) is 0 Å². The van der Waals surface area contributed by atoms with Gasteiger partial charge in [0.1, 0.15) is 5.52 Å². The van der Waals surface area contributed by atoms with Gasteiger partial charge in [0.25, 0.3) is 0 Å². The van der Waals surface area contributed by atoms with Gasteiger partial charge in [-0.3, -0.25) is 0 Å². The number of rotatable bonds is 2. The monoisotopic (exact) mass is 515 g/mol. The van der Waals surface area contributed by atoms with Gasteiger partial charge in [0.15, 0.2) is 0 Å². The van der Waals surface area contributed by atoms with E-state index >= 15 is 0 Å². The standard InChI is InChI=1S/C35H21N3S/c1-2-9-22(10-3-1)37-28-13-6-4-11-23(28)25-18-17-24-26(35(25)37)19-20-30-33(24)27-12-5-7-14-29(27)38(30)31-15-8-16-32-34(31)36-21-39-32/h1-21H. The molecule has 182 valence electrons. The second kappa shape index (κ2) is 7.79. The summed E-state index contributed by atoms with van der Waals surface area (Å²) in [5.74, 6) is 0. The van der Waals surface area contributed by atoms with Crippen molar-refractivity contribution >= 4 is 75.9 Å². The lowest BCUT2D eigenvalue weighted by Gasteiger charge is -2.11. The Morgan fingerprint density at radius 1 is 0.487 bits per heavy atom. The highest BCUT2D eigenvalue weighted by Crippen LogP contribution is 2.42. The molecule has 3 heterocycles. The van der Waals surface area contributed by atoms with E-state index < -0.39 is 0 Å². The Balaban J connectivity index is 1.49. The molecule has 39 heavy (non-hydrogen) atoms. The summed E-state index contributed by atoms with van der Waals surface area (Å²) in [6.07, 6.45) is 0. The first kappa shape index (κ1) is 21.1. The van der Waals surface area contributed by atoms with Crippen LogP contribution >= 0.6 is 11.3 Å². The normalized spacial score (nSPS) is 12.1. The lowest BCUT2D eigenvalue weighted by atomic mass is 10.0. The summed E-state index contributed by atoms with van der Waals surface area (Å²) in [4.78, 5) is 4.76. The molecule has 9 aromatic rings. The fourth-order valence-electron chi connectivity index (χ4n) is 6.49. The zero-order valence-electron chi connectivity index (χ0n) is 20.9. The summed E-state index contributed by atoms with van der Waals surface area (Å²) in [7, 11) is 0. The highest BCUT2D eigenvalue weighted by molar-refractivity contribution is 7.16. The molecule has 3 nitrogen and oxygen atoms in total. The summed E-state index contributed by atoms with van der Waals surface area (Å²) >= 11 is 1.69. The number of para-hydroxylation sites is 4. The molecule has 0 saturated heterocycles. The topological polar surface area (TPSA) is 22.8 Å². The summed E-state index contributed by atoms with van der Waals surface area (Å²) in [6.45, 7) is 0. The molecule has 0 spiro atoms. The van der Waals surface area contributed by atoms with E-state index in [0.29, 0.717) is 0 Å². The number of fused-ring (bicyclic) bond motifs is 10. The van der Waals surface area contributed by atoms with Crippen molar-refractivity contribution < 1.29 is 0 Å². The van der Waals surface area contributed by atoms with Crippen LogP contribution in [-0.4, -0.2) is 14.1 Å². The number of benzene rings is 6. The number of aromatic nitrogens is 3. The van der Waals surface area contributed by atoms with Gasteiger partial charge in [0.05, 0.1) is 38.0 Å². The maximum absolute atomic E-state index is 4.76. The molecule has 0 bridgehead atoms. The molecular weight excluding hydrogens is 494 g/mol. The van der Waals surface area contributed by atoms with Crippen LogP contribution in [0.5, 0.6) is 0 Å². The van der Waals surface area contributed by atoms with E-state index in [1.165, 1.54) is 64.8 Å². The lowest BCUT2D eigenvalue weighted by molar-refractivity contribution is 1.18. The molecule has 0 N–H and O–H groups in total. The van der Waals surface area contributed by atoms with Crippen molar-refractivity contribution in [2.75, 3.05) is 0 Å². The molecule has 0 atom stereocenters. The third kappa shape index (κ3) is 2.78. The van der Waals surface area contributed by atoms with Crippen molar-refractivity contribution in [1.82, 2.24) is 14.1 Å². The van der Waals surface area contributed by atoms with Crippen molar-refractivity contribution in [3.8, 4) is 11.4 Å². The molecule has 0 saturated carbocycles. The minimum atomic E-state index is 1.05. The predicted octanol–water partition coefficient (Wildman–Crippen LogP) is 9.64. The lowest BCUT2D eigenvalue weighted by Crippen LogP contribution is -1.95. The SMILES string of the molecule is c1ccc(-n2c3ccccc3c3ccc4c(ccc5c4c4ccccc4n5-c4cccc5scnc45)c32)cc1. The quantitative estimate of drug-likeness (QED) is 0.225. The van der Waals surface area contributed by atoms with Gasteiger partial charge >= 0.3 is 0 Å². The van der Waals surface area contributed by atoms with Crippen LogP contribution < -0.4 is 0 Å². The van der Waals surface area contributed by atoms with Crippen LogP contribution in [0.2, 0.25) is 0 Å². The van der Waals surface area contributed by atoms with E-state index in [4.69, 9.17) is 4.98 Å². The van der Waals surface area contributed by atoms with Crippen molar-refractivity contribution in [3.63, 3.8) is 0 Å². The largest absolute Gasteiger partial charge is 0.309 e. The first-order valence-electron chi connectivity index (χ1n) is 13.1. The molecule has 6 aromatic carbocycles. The predicted molar refractivity (Wildman–Crippen MR) is 166 cm³/mol. The van der Waals surface area contributed by atoms with Gasteiger partial charge in [-0.15, -0.1) is 11.3 Å². The average molecular weight is 516 g/mol. The van der Waals surface area contributed by atoms with Gasteiger partial charge in [0.2, 0.25) is 0 Å². The van der Waals surface area contributed by atoms with Crippen molar-refractivity contribution in [2.45, 2.75) is 0 Å². The Morgan fingerprint density at radius 2 is 1.18 bits per heavy atom. The average Bonchev–Trinajstić information content (AvgIpc) is 3.70. The van der Waals surface area contributed by atoms with Crippen molar-refractivity contribution in [3.05, 3.63) is 127 Å². The van der Waals surface area contributed by atoms with Gasteiger partial charge in [-0.25, -0.2) is 4.98 Å². The molecule has 0 aliphatic rings. The van der Waals surface area contributed by atoms with Crippen LogP contribution in [0.15, 0.2) is 127 Å². The molecule has 0 aliphatic carbocycles. The molecular formula is C35H21N3S. The van der Waals surface area contributed by atoms with Crippen LogP contribution in [0.25, 0.3) is 76.0 Å². The van der Waals surface area contributed by atoms with E-state index in [1.54, 1.807) is 11.3 Å². The second-order valence-electron chi connectivity index (χ2n) is 10.0. The van der Waals surface area contributed by atoms with Crippen LogP contribution in [-0.2, 0) is 0 Å². The molecule has 9 rings (SSSR count). The van der Waals surface area contributed by atoms with Gasteiger partial charge < -0.3 is 9.13 Å². The minimum absolute atomic E-state index is 1.05. The van der Waals surface area contributed by atoms with E-state index in [1.807, 2.05) is 5.51 Å². The van der Waals surface area contributed by atoms with Gasteiger partial charge in [-0.1, -0.05) is 78.9 Å². The zero-order chi connectivity index (χ0) is 25.5. The minimum Gasteiger partial charge on any atom is -0.309 e. The maximum atomic E-state index is 4.76. The molecule has 0 amide bonds. The molecule has 0 radical (unpaired) electrons. The van der Waals surface area contributed by atoms with Crippen LogP contribution in [0, 0.1) is 0 Å². The first-order valence-corrected chi connectivity index (χ1v) is 14.0. The van der Waals surface area contributed by atoms with Crippen molar-refractivity contribution in [1.29, 1.82) is 0 Å². The molecule has 3 aromatic heterocycles. The number of hydrogen-bond acceptors (Lipinski definition) is 2. The molecule has 0 unspecified atom stereocenters. The van der Waals surface area contributed by atoms with E-state index in [-0.39, 0.29) is 0 Å². The number of nitrogens with zero attached hydrogens (tertiary/aromatic N) is 3. The van der Waals surface area contributed by atoms with E-state index in [2.05, 4.69) is 130 Å². The Morgan fingerprint density at radius 3 is 2.05 bits per heavy atom. The Bertz CT molecular complexity index is 2390. The molecule has 0 aliphatic heterocycles. The number of hydrogen-bond donors (Lipinski definition) is 0. The van der Waals surface area contributed by atoms with Crippen LogP contribution in [0.4, 0.5) is 0 Å². The first-order chi connectivity index (χ1) is 19.4. The van der Waals surface area contributed by atoms with E-state index in [9.17, 15) is 0 Å². The fourth-order valence-corrected chi connectivity index (χ4v) is 7.19. The smallest absolute Gasteiger partial charge is 0.105 e. The summed E-state index contributed by atoms with van der Waals surface area (Å²) in [5, 5.41) is 7.61. The maximum Gasteiger partial charge on any atom is 0.105 e. The Labute approximate surface area is 227 Å². The number of thiazole rings is 1. The summed E-state index contributed by atoms with van der Waals surface area (Å²) < 4.78 is 6.02. The van der Waals surface area contributed by atoms with E-state index in [0.717, 1.165) is 11.2 Å². The Kier molecular flexibility index (Phi) is 4.21. The summed E-state index contributed by atoms with van der Waals surface area (Å²) in [6, 6.07) is 43.9. The molecule has 0 fully saturated rings. The third-order valence-corrected chi connectivity index (χ3v) is 8.85.